The fourth-order valence-electron chi connectivity index (χ4n) is 3.25. The Morgan fingerprint density at radius 2 is 2.07 bits per heavy atom. The molecular weight excluding hydrogens is 404 g/mol. The van der Waals surface area contributed by atoms with E-state index in [1.807, 2.05) is 42.5 Å². The Labute approximate surface area is 176 Å². The number of carbonyl (C=O) groups is 1. The summed E-state index contributed by atoms with van der Waals surface area (Å²) in [5.74, 6) is 2.33. The zero-order chi connectivity index (χ0) is 20.5. The molecule has 7 nitrogen and oxygen atoms in total. The van der Waals surface area contributed by atoms with Crippen LogP contribution in [0.2, 0.25) is 0 Å². The van der Waals surface area contributed by atoms with Crippen molar-refractivity contribution in [2.75, 3.05) is 18.6 Å². The maximum Gasteiger partial charge on any atom is 0.273 e. The van der Waals surface area contributed by atoms with Gasteiger partial charge in [-0.15, -0.1) is 0 Å². The van der Waals surface area contributed by atoms with Gasteiger partial charge in [-0.3, -0.25) is 9.69 Å². The lowest BCUT2D eigenvalue weighted by atomic mass is 10.2. The van der Waals surface area contributed by atoms with Crippen LogP contribution in [0.25, 0.3) is 10.2 Å². The second-order valence-corrected chi connectivity index (χ2v) is 7.71. The Balaban J connectivity index is 1.48. The average Bonchev–Trinajstić information content (AvgIpc) is 3.45. The molecule has 2 aromatic heterocycles. The van der Waals surface area contributed by atoms with Gasteiger partial charge in [0.15, 0.2) is 16.6 Å². The zero-order valence-electron chi connectivity index (χ0n) is 16.1. The lowest BCUT2D eigenvalue weighted by Crippen LogP contribution is -2.46. The van der Waals surface area contributed by atoms with Crippen LogP contribution in [0, 0.1) is 0 Å². The minimum absolute atomic E-state index is 0.128. The van der Waals surface area contributed by atoms with Gasteiger partial charge in [-0.05, 0) is 42.5 Å². The van der Waals surface area contributed by atoms with Crippen molar-refractivity contribution in [3.63, 3.8) is 0 Å². The Morgan fingerprint density at radius 1 is 1.20 bits per heavy atom. The van der Waals surface area contributed by atoms with Crippen LogP contribution >= 0.6 is 11.3 Å². The number of aromatic nitrogens is 1. The van der Waals surface area contributed by atoms with Gasteiger partial charge in [0.2, 0.25) is 6.10 Å². The number of thiazole rings is 1. The summed E-state index contributed by atoms with van der Waals surface area (Å²) in [7, 11) is 1.62. The molecule has 0 bridgehead atoms. The summed E-state index contributed by atoms with van der Waals surface area (Å²) < 4.78 is 23.4. The highest BCUT2D eigenvalue weighted by molar-refractivity contribution is 7.22. The largest absolute Gasteiger partial charge is 0.497 e. The molecule has 3 heterocycles. The Kier molecular flexibility index (Phi) is 4.76. The third-order valence-electron chi connectivity index (χ3n) is 4.76. The van der Waals surface area contributed by atoms with Gasteiger partial charge in [0, 0.05) is 0 Å². The van der Waals surface area contributed by atoms with Gasteiger partial charge in [0.05, 0.1) is 30.1 Å². The third kappa shape index (κ3) is 3.46. The Bertz CT molecular complexity index is 1190. The summed E-state index contributed by atoms with van der Waals surface area (Å²) in [5.41, 5.74) is 0.791. The van der Waals surface area contributed by atoms with Crippen LogP contribution in [0.1, 0.15) is 5.76 Å². The highest BCUT2D eigenvalue weighted by Gasteiger charge is 2.33. The summed E-state index contributed by atoms with van der Waals surface area (Å²) >= 11 is 1.41. The Hall–Kier alpha value is -3.52. The van der Waals surface area contributed by atoms with E-state index in [9.17, 15) is 4.79 Å². The number of benzene rings is 2. The van der Waals surface area contributed by atoms with Crippen LogP contribution in [-0.2, 0) is 11.3 Å². The van der Waals surface area contributed by atoms with Crippen LogP contribution in [-0.4, -0.2) is 30.7 Å². The van der Waals surface area contributed by atoms with Crippen LogP contribution in [0.4, 0.5) is 5.13 Å². The van der Waals surface area contributed by atoms with E-state index in [-0.39, 0.29) is 19.1 Å². The first kappa shape index (κ1) is 18.5. The fraction of sp³-hybridized carbons (Fsp3) is 0.182. The summed E-state index contributed by atoms with van der Waals surface area (Å²) in [6, 6.07) is 16.6. The van der Waals surface area contributed by atoms with Gasteiger partial charge in [-0.2, -0.15) is 0 Å². The first-order valence-electron chi connectivity index (χ1n) is 9.38. The zero-order valence-corrected chi connectivity index (χ0v) is 16.9. The van der Waals surface area contributed by atoms with Crippen molar-refractivity contribution in [2.45, 2.75) is 12.6 Å². The van der Waals surface area contributed by atoms with Crippen molar-refractivity contribution in [3.05, 3.63) is 66.6 Å². The summed E-state index contributed by atoms with van der Waals surface area (Å²) in [6.07, 6.45) is 0.800. The van der Waals surface area contributed by atoms with Crippen molar-refractivity contribution in [2.24, 2.45) is 0 Å². The van der Waals surface area contributed by atoms with Crippen molar-refractivity contribution >= 4 is 32.6 Å². The minimum Gasteiger partial charge on any atom is -0.497 e. The molecule has 152 valence electrons. The Morgan fingerprint density at radius 3 is 2.87 bits per heavy atom. The average molecular weight is 422 g/mol. The molecule has 8 heteroatoms. The number of nitrogens with zero attached hydrogens (tertiary/aromatic N) is 2. The topological polar surface area (TPSA) is 74.0 Å². The lowest BCUT2D eigenvalue weighted by Gasteiger charge is -2.29. The lowest BCUT2D eigenvalue weighted by molar-refractivity contribution is -0.127. The van der Waals surface area contributed by atoms with E-state index in [0.717, 1.165) is 16.0 Å². The first-order valence-corrected chi connectivity index (χ1v) is 10.2. The number of methoxy groups -OCH3 is 1. The standard InChI is InChI=1S/C22H18N2O5S/c1-26-14-8-9-16-20(11-14)30-22(23-16)24(12-15-5-4-10-27-15)21(25)19-13-28-17-6-2-3-7-18(17)29-19/h2-11,19H,12-13H2,1H3. The molecule has 1 aliphatic rings. The van der Waals surface area contributed by atoms with Crippen molar-refractivity contribution in [3.8, 4) is 17.2 Å². The van der Waals surface area contributed by atoms with E-state index in [1.165, 1.54) is 11.3 Å². The number of hydrogen-bond donors (Lipinski definition) is 0. The van der Waals surface area contributed by atoms with Crippen molar-refractivity contribution in [1.29, 1.82) is 0 Å². The highest BCUT2D eigenvalue weighted by atomic mass is 32.1. The molecule has 0 saturated carbocycles. The predicted molar refractivity (Wildman–Crippen MR) is 112 cm³/mol. The molecule has 4 aromatic rings. The van der Waals surface area contributed by atoms with Crippen LogP contribution in [0.5, 0.6) is 17.2 Å². The SMILES string of the molecule is COc1ccc2nc(N(Cc3ccco3)C(=O)C3COc4ccccc4O3)sc2c1. The number of para-hydroxylation sites is 2. The maximum atomic E-state index is 13.5. The monoisotopic (exact) mass is 422 g/mol. The van der Waals surface area contributed by atoms with Crippen LogP contribution in [0.15, 0.2) is 65.3 Å². The minimum atomic E-state index is -0.781. The number of fused-ring (bicyclic) bond motifs is 2. The highest BCUT2D eigenvalue weighted by Crippen LogP contribution is 2.35. The smallest absolute Gasteiger partial charge is 0.273 e. The van der Waals surface area contributed by atoms with Gasteiger partial charge in [0.25, 0.3) is 5.91 Å². The summed E-state index contributed by atoms with van der Waals surface area (Å²) in [6.45, 7) is 0.369. The fourth-order valence-corrected chi connectivity index (χ4v) is 4.25. The molecule has 5 rings (SSSR count). The molecule has 0 radical (unpaired) electrons. The molecule has 0 aliphatic carbocycles. The van der Waals surface area contributed by atoms with Gasteiger partial charge in [-0.25, -0.2) is 4.98 Å². The van der Waals surface area contributed by atoms with E-state index in [0.29, 0.717) is 22.4 Å². The van der Waals surface area contributed by atoms with Gasteiger partial charge < -0.3 is 18.6 Å². The second-order valence-electron chi connectivity index (χ2n) is 6.70. The summed E-state index contributed by atoms with van der Waals surface area (Å²) in [4.78, 5) is 19.7. The number of rotatable bonds is 5. The number of carbonyl (C=O) groups excluding carboxylic acids is 1. The van der Waals surface area contributed by atoms with Gasteiger partial charge in [-0.1, -0.05) is 23.5 Å². The van der Waals surface area contributed by atoms with Crippen molar-refractivity contribution < 1.29 is 23.4 Å². The van der Waals surface area contributed by atoms with Gasteiger partial charge in [0.1, 0.15) is 18.1 Å². The molecule has 0 spiro atoms. The third-order valence-corrected chi connectivity index (χ3v) is 5.80. The molecule has 0 saturated heterocycles. The molecule has 1 amide bonds. The molecule has 1 aliphatic heterocycles. The number of hydrogen-bond acceptors (Lipinski definition) is 7. The molecule has 30 heavy (non-hydrogen) atoms. The van der Waals surface area contributed by atoms with E-state index >= 15 is 0 Å². The number of ether oxygens (including phenoxy) is 3. The quantitative estimate of drug-likeness (QED) is 0.478. The molecule has 1 unspecified atom stereocenters. The van der Waals surface area contributed by atoms with Crippen molar-refractivity contribution in [1.82, 2.24) is 4.98 Å². The van der Waals surface area contributed by atoms with Gasteiger partial charge >= 0.3 is 0 Å². The normalized spacial score (nSPS) is 15.2. The maximum absolute atomic E-state index is 13.5. The van der Waals surface area contributed by atoms with Crippen LogP contribution in [0.3, 0.4) is 0 Å². The summed E-state index contributed by atoms with van der Waals surface area (Å²) in [5, 5.41) is 0.558. The van der Waals surface area contributed by atoms with E-state index in [1.54, 1.807) is 30.4 Å². The molecular formula is C22H18N2O5S. The molecule has 1 atom stereocenters. The van der Waals surface area contributed by atoms with E-state index in [4.69, 9.17) is 18.6 Å². The van der Waals surface area contributed by atoms with E-state index < -0.39 is 6.10 Å². The van der Waals surface area contributed by atoms with Crippen LogP contribution < -0.4 is 19.1 Å². The molecule has 0 fully saturated rings. The number of furan rings is 1. The number of amides is 1. The molecule has 0 N–H and O–H groups in total. The number of anilines is 1. The predicted octanol–water partition coefficient (Wildman–Crippen LogP) is 4.27. The first-order chi connectivity index (χ1) is 14.7. The van der Waals surface area contributed by atoms with E-state index in [2.05, 4.69) is 4.98 Å². The second kappa shape index (κ2) is 7.72. The molecule has 2 aromatic carbocycles.